The van der Waals surface area contributed by atoms with Crippen molar-refractivity contribution in [3.63, 3.8) is 0 Å². The highest BCUT2D eigenvalue weighted by Gasteiger charge is 2.14. The molecule has 0 aliphatic carbocycles. The molecule has 1 aromatic heterocycles. The van der Waals surface area contributed by atoms with Crippen molar-refractivity contribution in [3.8, 4) is 0 Å². The molecule has 2 heterocycles. The zero-order valence-electron chi connectivity index (χ0n) is 9.64. The van der Waals surface area contributed by atoms with Gasteiger partial charge in [-0.2, -0.15) is 0 Å². The molecule has 0 spiro atoms. The van der Waals surface area contributed by atoms with Crippen molar-refractivity contribution >= 4 is 0 Å². The minimum absolute atomic E-state index is 0.262. The predicted molar refractivity (Wildman–Crippen MR) is 62.1 cm³/mol. The summed E-state index contributed by atoms with van der Waals surface area (Å²) in [4.78, 5) is 4.73. The molecule has 0 bridgehead atoms. The number of aliphatic hydroxyl groups is 1. The maximum Gasteiger partial charge on any atom is 0.117 e. The Kier molecular flexibility index (Phi) is 4.39. The third-order valence-corrected chi connectivity index (χ3v) is 3.06. The van der Waals surface area contributed by atoms with Crippen molar-refractivity contribution in [1.29, 1.82) is 0 Å². The van der Waals surface area contributed by atoms with E-state index in [0.717, 1.165) is 45.0 Å². The summed E-state index contributed by atoms with van der Waals surface area (Å²) in [6, 6.07) is 3.96. The van der Waals surface area contributed by atoms with Crippen LogP contribution in [0.5, 0.6) is 0 Å². The lowest BCUT2D eigenvalue weighted by atomic mass is 10.3. The van der Waals surface area contributed by atoms with E-state index in [2.05, 4.69) is 9.80 Å². The molecule has 1 aliphatic rings. The smallest absolute Gasteiger partial charge is 0.117 e. The van der Waals surface area contributed by atoms with Gasteiger partial charge in [-0.05, 0) is 31.6 Å². The van der Waals surface area contributed by atoms with Gasteiger partial charge in [0.1, 0.15) is 5.76 Å². The number of hydrogen-bond donors (Lipinski definition) is 1. The van der Waals surface area contributed by atoms with Crippen LogP contribution in [0.25, 0.3) is 0 Å². The molecule has 0 amide bonds. The first-order valence-corrected chi connectivity index (χ1v) is 5.96. The topological polar surface area (TPSA) is 39.9 Å². The van der Waals surface area contributed by atoms with Gasteiger partial charge in [-0.3, -0.25) is 9.80 Å². The summed E-state index contributed by atoms with van der Waals surface area (Å²) in [6.07, 6.45) is 2.89. The Labute approximate surface area is 96.5 Å². The van der Waals surface area contributed by atoms with Crippen LogP contribution < -0.4 is 0 Å². The van der Waals surface area contributed by atoms with E-state index in [0.29, 0.717) is 0 Å². The maximum absolute atomic E-state index is 8.91. The summed E-state index contributed by atoms with van der Waals surface area (Å²) < 4.78 is 5.36. The van der Waals surface area contributed by atoms with Gasteiger partial charge in [-0.25, -0.2) is 0 Å². The van der Waals surface area contributed by atoms with E-state index in [1.54, 1.807) is 6.26 Å². The summed E-state index contributed by atoms with van der Waals surface area (Å²) in [7, 11) is 0. The minimum atomic E-state index is 0.262. The Balaban J connectivity index is 1.80. The largest absolute Gasteiger partial charge is 0.468 e. The van der Waals surface area contributed by atoms with Gasteiger partial charge in [0, 0.05) is 19.6 Å². The lowest BCUT2D eigenvalue weighted by Gasteiger charge is -2.20. The van der Waals surface area contributed by atoms with E-state index in [4.69, 9.17) is 9.52 Å². The molecule has 4 heteroatoms. The standard InChI is InChI=1S/C12H20N2O2/c15-9-8-13-4-2-5-14(7-6-13)11-12-3-1-10-16-12/h1,3,10,15H,2,4-9,11H2. The van der Waals surface area contributed by atoms with Crippen LogP contribution in [0.2, 0.25) is 0 Å². The Morgan fingerprint density at radius 2 is 2.00 bits per heavy atom. The van der Waals surface area contributed by atoms with E-state index in [1.807, 2.05) is 12.1 Å². The number of rotatable bonds is 4. The molecule has 1 fully saturated rings. The molecule has 0 aromatic carbocycles. The van der Waals surface area contributed by atoms with Gasteiger partial charge in [0.15, 0.2) is 0 Å². The van der Waals surface area contributed by atoms with Crippen molar-refractivity contribution in [2.24, 2.45) is 0 Å². The maximum atomic E-state index is 8.91. The van der Waals surface area contributed by atoms with Crippen LogP contribution in [-0.4, -0.2) is 54.2 Å². The van der Waals surface area contributed by atoms with E-state index in [-0.39, 0.29) is 6.61 Å². The molecule has 1 saturated heterocycles. The highest BCUT2D eigenvalue weighted by molar-refractivity contribution is 4.98. The number of aliphatic hydroxyl groups excluding tert-OH is 1. The molecular weight excluding hydrogens is 204 g/mol. The Hall–Kier alpha value is -0.840. The molecule has 0 unspecified atom stereocenters. The molecule has 90 valence electrons. The van der Waals surface area contributed by atoms with Gasteiger partial charge in [0.05, 0.1) is 19.4 Å². The van der Waals surface area contributed by atoms with Crippen molar-refractivity contribution in [2.45, 2.75) is 13.0 Å². The quantitative estimate of drug-likeness (QED) is 0.820. The second-order valence-corrected chi connectivity index (χ2v) is 4.27. The summed E-state index contributed by atoms with van der Waals surface area (Å²) in [5, 5.41) is 8.91. The first-order valence-electron chi connectivity index (χ1n) is 5.96. The van der Waals surface area contributed by atoms with Crippen LogP contribution in [0.15, 0.2) is 22.8 Å². The first kappa shape index (κ1) is 11.6. The molecule has 16 heavy (non-hydrogen) atoms. The Bertz CT molecular complexity index is 287. The summed E-state index contributed by atoms with van der Waals surface area (Å²) in [5.41, 5.74) is 0. The zero-order chi connectivity index (χ0) is 11.2. The summed E-state index contributed by atoms with van der Waals surface area (Å²) in [6.45, 7) is 6.27. The second-order valence-electron chi connectivity index (χ2n) is 4.27. The first-order chi connectivity index (χ1) is 7.88. The van der Waals surface area contributed by atoms with Gasteiger partial charge in [-0.1, -0.05) is 0 Å². The molecule has 1 aliphatic heterocycles. The lowest BCUT2D eigenvalue weighted by Crippen LogP contribution is -2.32. The molecule has 0 saturated carbocycles. The number of hydrogen-bond acceptors (Lipinski definition) is 4. The van der Waals surface area contributed by atoms with Crippen LogP contribution in [0.4, 0.5) is 0 Å². The molecule has 0 radical (unpaired) electrons. The lowest BCUT2D eigenvalue weighted by molar-refractivity contribution is 0.193. The average Bonchev–Trinajstić information content (AvgIpc) is 2.68. The van der Waals surface area contributed by atoms with E-state index >= 15 is 0 Å². The highest BCUT2D eigenvalue weighted by Crippen LogP contribution is 2.09. The molecule has 0 atom stereocenters. The van der Waals surface area contributed by atoms with E-state index < -0.39 is 0 Å². The fraction of sp³-hybridized carbons (Fsp3) is 0.667. The molecule has 2 rings (SSSR count). The second kappa shape index (κ2) is 6.03. The molecule has 1 N–H and O–H groups in total. The van der Waals surface area contributed by atoms with Gasteiger partial charge in [0.25, 0.3) is 0 Å². The third-order valence-electron chi connectivity index (χ3n) is 3.06. The van der Waals surface area contributed by atoms with Gasteiger partial charge in [0.2, 0.25) is 0 Å². The average molecular weight is 224 g/mol. The SMILES string of the molecule is OCCN1CCCN(Cc2ccco2)CC1. The van der Waals surface area contributed by atoms with E-state index in [9.17, 15) is 0 Å². The van der Waals surface area contributed by atoms with Crippen LogP contribution in [0, 0.1) is 0 Å². The summed E-state index contributed by atoms with van der Waals surface area (Å²) >= 11 is 0. The fourth-order valence-corrected chi connectivity index (χ4v) is 2.17. The molecule has 4 nitrogen and oxygen atoms in total. The Morgan fingerprint density at radius 3 is 2.75 bits per heavy atom. The number of nitrogens with zero attached hydrogens (tertiary/aromatic N) is 2. The number of β-amino-alcohol motifs (C(OH)–C–C–N with tert-alkyl or cyclic N) is 1. The predicted octanol–water partition coefficient (Wildman–Crippen LogP) is 0.780. The van der Waals surface area contributed by atoms with Crippen LogP contribution in [0.1, 0.15) is 12.2 Å². The van der Waals surface area contributed by atoms with Crippen molar-refractivity contribution in [3.05, 3.63) is 24.2 Å². The van der Waals surface area contributed by atoms with Crippen LogP contribution in [0.3, 0.4) is 0 Å². The summed E-state index contributed by atoms with van der Waals surface area (Å²) in [5.74, 6) is 1.04. The van der Waals surface area contributed by atoms with Gasteiger partial charge < -0.3 is 9.52 Å². The zero-order valence-corrected chi connectivity index (χ0v) is 9.64. The van der Waals surface area contributed by atoms with Gasteiger partial charge in [-0.15, -0.1) is 0 Å². The van der Waals surface area contributed by atoms with Crippen molar-refractivity contribution in [2.75, 3.05) is 39.3 Å². The van der Waals surface area contributed by atoms with Gasteiger partial charge >= 0.3 is 0 Å². The van der Waals surface area contributed by atoms with Crippen molar-refractivity contribution < 1.29 is 9.52 Å². The molecule has 1 aromatic rings. The van der Waals surface area contributed by atoms with E-state index in [1.165, 1.54) is 6.42 Å². The monoisotopic (exact) mass is 224 g/mol. The van der Waals surface area contributed by atoms with Crippen LogP contribution in [-0.2, 0) is 6.54 Å². The fourth-order valence-electron chi connectivity index (χ4n) is 2.17. The highest BCUT2D eigenvalue weighted by atomic mass is 16.3. The van der Waals surface area contributed by atoms with Crippen LogP contribution >= 0.6 is 0 Å². The minimum Gasteiger partial charge on any atom is -0.468 e. The molecular formula is C12H20N2O2. The number of furan rings is 1. The Morgan fingerprint density at radius 1 is 1.19 bits per heavy atom. The third kappa shape index (κ3) is 3.33. The van der Waals surface area contributed by atoms with Crippen molar-refractivity contribution in [1.82, 2.24) is 9.80 Å². The normalized spacial score (nSPS) is 19.8.